The van der Waals surface area contributed by atoms with Crippen molar-refractivity contribution in [2.45, 2.75) is 39.5 Å². The lowest BCUT2D eigenvalue weighted by Crippen LogP contribution is -2.39. The van der Waals surface area contributed by atoms with Gasteiger partial charge >= 0.3 is 0 Å². The number of hydrogen-bond donors (Lipinski definition) is 2. The van der Waals surface area contributed by atoms with E-state index in [1.807, 2.05) is 37.5 Å². The topological polar surface area (TPSA) is 85.2 Å². The molecule has 1 unspecified atom stereocenters. The van der Waals surface area contributed by atoms with Crippen molar-refractivity contribution >= 4 is 17.5 Å². The van der Waals surface area contributed by atoms with E-state index in [2.05, 4.69) is 34.4 Å². The Labute approximate surface area is 170 Å². The van der Waals surface area contributed by atoms with E-state index in [4.69, 9.17) is 0 Å². The Morgan fingerprint density at radius 3 is 2.66 bits per heavy atom. The summed E-state index contributed by atoms with van der Waals surface area (Å²) in [6.07, 6.45) is 6.51. The monoisotopic (exact) mass is 389 g/mol. The van der Waals surface area contributed by atoms with E-state index in [1.54, 1.807) is 18.3 Å². The van der Waals surface area contributed by atoms with Crippen LogP contribution in [0, 0.1) is 5.41 Å². The minimum absolute atomic E-state index is 0.0946. The van der Waals surface area contributed by atoms with E-state index in [0.29, 0.717) is 23.4 Å². The summed E-state index contributed by atoms with van der Waals surface area (Å²) in [4.78, 5) is 33.7. The van der Waals surface area contributed by atoms with E-state index in [0.717, 1.165) is 23.4 Å². The van der Waals surface area contributed by atoms with E-state index < -0.39 is 5.92 Å². The number of carbonyl (C=O) groups excluding carboxylic acids is 2. The highest BCUT2D eigenvalue weighted by molar-refractivity contribution is 6.09. The second-order valence-corrected chi connectivity index (χ2v) is 8.43. The summed E-state index contributed by atoms with van der Waals surface area (Å²) in [6, 6.07) is 9.21. The van der Waals surface area contributed by atoms with Gasteiger partial charge in [0.2, 0.25) is 0 Å². The molecular formula is C23H25N4O2+. The number of pyridine rings is 2. The van der Waals surface area contributed by atoms with Crippen molar-refractivity contribution in [2.75, 3.05) is 5.32 Å². The van der Waals surface area contributed by atoms with Crippen LogP contribution in [0.1, 0.15) is 45.1 Å². The number of aromatic nitrogens is 2. The SMILES string of the molecule is CC1=C(C(=O)Nc2ccccn2)C(c2cc[nH+]cc2)C2=C(CC(C)(C)CC2=O)N1. The summed E-state index contributed by atoms with van der Waals surface area (Å²) in [7, 11) is 0. The second kappa shape index (κ2) is 7.28. The molecule has 148 valence electrons. The molecule has 2 aromatic heterocycles. The number of carbonyl (C=O) groups is 2. The maximum atomic E-state index is 13.3. The Bertz CT molecular complexity index is 1020. The van der Waals surface area contributed by atoms with Crippen LogP contribution in [0.15, 0.2) is 71.5 Å². The first-order chi connectivity index (χ1) is 13.9. The number of hydrogen-bond acceptors (Lipinski definition) is 4. The number of aromatic amines is 1. The highest BCUT2D eigenvalue weighted by atomic mass is 16.2. The van der Waals surface area contributed by atoms with Crippen molar-refractivity contribution in [3.05, 3.63) is 77.0 Å². The molecule has 0 saturated heterocycles. The van der Waals surface area contributed by atoms with Crippen LogP contribution in [0.25, 0.3) is 0 Å². The molecule has 29 heavy (non-hydrogen) atoms. The predicted octanol–water partition coefficient (Wildman–Crippen LogP) is 3.14. The highest BCUT2D eigenvalue weighted by Crippen LogP contribution is 2.46. The van der Waals surface area contributed by atoms with Crippen LogP contribution in [0.4, 0.5) is 5.82 Å². The van der Waals surface area contributed by atoms with Crippen LogP contribution < -0.4 is 15.6 Å². The number of nitrogens with zero attached hydrogens (tertiary/aromatic N) is 1. The number of Topliss-reactive ketones (excluding diaryl/α,β-unsaturated/α-hetero) is 1. The van der Waals surface area contributed by atoms with Crippen LogP contribution in [0.3, 0.4) is 0 Å². The summed E-state index contributed by atoms with van der Waals surface area (Å²) in [5.74, 6) is -0.0880. The lowest BCUT2D eigenvalue weighted by Gasteiger charge is -2.39. The van der Waals surface area contributed by atoms with Crippen molar-refractivity contribution in [3.63, 3.8) is 0 Å². The van der Waals surface area contributed by atoms with Crippen molar-refractivity contribution in [1.82, 2.24) is 10.3 Å². The quantitative estimate of drug-likeness (QED) is 0.845. The number of anilines is 1. The number of allylic oxidation sites excluding steroid dienone is 3. The Morgan fingerprint density at radius 1 is 1.21 bits per heavy atom. The molecule has 1 amide bonds. The largest absolute Gasteiger partial charge is 0.362 e. The van der Waals surface area contributed by atoms with Crippen LogP contribution >= 0.6 is 0 Å². The third kappa shape index (κ3) is 3.70. The van der Waals surface area contributed by atoms with Gasteiger partial charge in [0.05, 0.1) is 0 Å². The smallest absolute Gasteiger partial charge is 0.255 e. The van der Waals surface area contributed by atoms with Crippen molar-refractivity contribution < 1.29 is 14.6 Å². The van der Waals surface area contributed by atoms with E-state index in [-0.39, 0.29) is 17.1 Å². The molecule has 0 fully saturated rings. The summed E-state index contributed by atoms with van der Waals surface area (Å²) >= 11 is 0. The number of H-pyrrole nitrogens is 1. The highest BCUT2D eigenvalue weighted by Gasteiger charge is 2.42. The first-order valence-electron chi connectivity index (χ1n) is 9.78. The van der Waals surface area contributed by atoms with Crippen molar-refractivity contribution in [3.8, 4) is 0 Å². The van der Waals surface area contributed by atoms with Crippen LogP contribution in [0.2, 0.25) is 0 Å². The van der Waals surface area contributed by atoms with E-state index in [9.17, 15) is 9.59 Å². The molecule has 2 aliphatic rings. The Balaban J connectivity index is 1.80. The zero-order chi connectivity index (χ0) is 20.6. The van der Waals surface area contributed by atoms with Gasteiger partial charge in [-0.05, 0) is 36.5 Å². The summed E-state index contributed by atoms with van der Waals surface area (Å²) in [5.41, 5.74) is 3.75. The van der Waals surface area contributed by atoms with Gasteiger partial charge in [0, 0.05) is 53.2 Å². The van der Waals surface area contributed by atoms with Gasteiger partial charge in [-0.3, -0.25) is 9.59 Å². The first-order valence-corrected chi connectivity index (χ1v) is 9.78. The molecule has 0 aromatic carbocycles. The predicted molar refractivity (Wildman–Crippen MR) is 109 cm³/mol. The molecule has 0 spiro atoms. The molecule has 2 aromatic rings. The summed E-state index contributed by atoms with van der Waals surface area (Å²) in [5, 5.41) is 6.25. The zero-order valence-corrected chi connectivity index (χ0v) is 16.9. The lowest BCUT2D eigenvalue weighted by molar-refractivity contribution is -0.378. The molecule has 4 rings (SSSR count). The minimum atomic E-state index is -0.409. The Morgan fingerprint density at radius 2 is 1.97 bits per heavy atom. The van der Waals surface area contributed by atoms with E-state index in [1.165, 1.54) is 0 Å². The summed E-state index contributed by atoms with van der Waals surface area (Å²) < 4.78 is 0. The summed E-state index contributed by atoms with van der Waals surface area (Å²) in [6.45, 7) is 6.10. The third-order valence-corrected chi connectivity index (χ3v) is 5.47. The van der Waals surface area contributed by atoms with Crippen LogP contribution in [-0.2, 0) is 9.59 Å². The Kier molecular flexibility index (Phi) is 4.78. The molecule has 3 N–H and O–H groups in total. The average molecular weight is 389 g/mol. The van der Waals surface area contributed by atoms with Crippen molar-refractivity contribution in [1.29, 1.82) is 0 Å². The molecule has 0 bridgehead atoms. The standard InChI is InChI=1S/C23H24N4O2/c1-14-19(22(29)27-18-6-4-5-9-25-18)20(15-7-10-24-11-8-15)21-16(26-14)12-23(2,3)13-17(21)28/h4-11,20,26H,12-13H2,1-3H3,(H,25,27,29)/p+1. The fraction of sp³-hybridized carbons (Fsp3) is 0.304. The Hall–Kier alpha value is -3.28. The molecule has 6 nitrogen and oxygen atoms in total. The molecule has 1 aliphatic heterocycles. The number of amides is 1. The van der Waals surface area contributed by atoms with Crippen LogP contribution in [-0.4, -0.2) is 16.7 Å². The lowest BCUT2D eigenvalue weighted by atomic mass is 9.68. The van der Waals surface area contributed by atoms with Crippen LogP contribution in [0.5, 0.6) is 0 Å². The average Bonchev–Trinajstić information content (AvgIpc) is 2.67. The molecule has 0 radical (unpaired) electrons. The number of ketones is 1. The number of dihydropyridines is 1. The van der Waals surface area contributed by atoms with Gasteiger partial charge in [0.15, 0.2) is 18.2 Å². The van der Waals surface area contributed by atoms with Gasteiger partial charge in [-0.25, -0.2) is 9.97 Å². The molecule has 1 aliphatic carbocycles. The van der Waals surface area contributed by atoms with Gasteiger partial charge in [-0.1, -0.05) is 19.9 Å². The minimum Gasteiger partial charge on any atom is -0.362 e. The zero-order valence-electron chi connectivity index (χ0n) is 16.9. The first kappa shape index (κ1) is 19.1. The molecule has 6 heteroatoms. The van der Waals surface area contributed by atoms with Crippen molar-refractivity contribution in [2.24, 2.45) is 5.41 Å². The maximum absolute atomic E-state index is 13.3. The third-order valence-electron chi connectivity index (χ3n) is 5.47. The number of rotatable bonds is 3. The molecule has 1 atom stereocenters. The molecule has 0 saturated carbocycles. The van der Waals surface area contributed by atoms with Gasteiger partial charge in [0.25, 0.3) is 5.91 Å². The van der Waals surface area contributed by atoms with Gasteiger partial charge in [-0.15, -0.1) is 0 Å². The fourth-order valence-corrected chi connectivity index (χ4v) is 4.28. The normalized spacial score (nSPS) is 20.8. The maximum Gasteiger partial charge on any atom is 0.255 e. The molecule has 3 heterocycles. The molecular weight excluding hydrogens is 364 g/mol. The van der Waals surface area contributed by atoms with Gasteiger partial charge in [-0.2, -0.15) is 0 Å². The van der Waals surface area contributed by atoms with Gasteiger partial charge in [0.1, 0.15) is 5.82 Å². The fourth-order valence-electron chi connectivity index (χ4n) is 4.28. The van der Waals surface area contributed by atoms with Gasteiger partial charge < -0.3 is 10.6 Å². The van der Waals surface area contributed by atoms with E-state index >= 15 is 0 Å². The second-order valence-electron chi connectivity index (χ2n) is 8.43. The number of nitrogens with one attached hydrogen (secondary N) is 3.